The van der Waals surface area contributed by atoms with E-state index < -0.39 is 15.8 Å². The summed E-state index contributed by atoms with van der Waals surface area (Å²) in [6, 6.07) is 13.5. The molecule has 1 atom stereocenters. The number of benzene rings is 2. The molecule has 0 radical (unpaired) electrons. The summed E-state index contributed by atoms with van der Waals surface area (Å²) in [5, 5.41) is 0. The molecule has 122 valence electrons. The number of hydrogen-bond acceptors (Lipinski definition) is 3. The number of sulfonamides is 1. The Hall–Kier alpha value is -1.92. The van der Waals surface area contributed by atoms with Crippen LogP contribution in [-0.2, 0) is 16.4 Å². The molecular weight excluding hydrogens is 315 g/mol. The standard InChI is InChI=1S/C17H19FN2O2S/c1-13(20-11-10-14-6-2-4-8-16(14)20)12-19-23(21,22)17-9-5-3-7-15(17)18/h2-9,13,19H,10-12H2,1H3. The molecular formula is C17H19FN2O2S. The van der Waals surface area contributed by atoms with Crippen molar-refractivity contribution < 1.29 is 12.8 Å². The first-order valence-corrected chi connectivity index (χ1v) is 9.06. The number of hydrogen-bond donors (Lipinski definition) is 1. The number of nitrogens with one attached hydrogen (secondary N) is 1. The van der Waals surface area contributed by atoms with Crippen LogP contribution in [0.2, 0.25) is 0 Å². The highest BCUT2D eigenvalue weighted by Gasteiger charge is 2.25. The molecule has 0 spiro atoms. The van der Waals surface area contributed by atoms with E-state index in [1.54, 1.807) is 0 Å². The van der Waals surface area contributed by atoms with Gasteiger partial charge in [0.25, 0.3) is 0 Å². The number of rotatable bonds is 5. The first kappa shape index (κ1) is 16.0. The van der Waals surface area contributed by atoms with Crippen molar-refractivity contribution in [3.8, 4) is 0 Å². The zero-order chi connectivity index (χ0) is 16.4. The van der Waals surface area contributed by atoms with E-state index >= 15 is 0 Å². The third-order valence-electron chi connectivity index (χ3n) is 4.15. The number of anilines is 1. The average molecular weight is 334 g/mol. The molecule has 0 bridgehead atoms. The lowest BCUT2D eigenvalue weighted by molar-refractivity contribution is 0.548. The van der Waals surface area contributed by atoms with Crippen molar-refractivity contribution in [1.29, 1.82) is 0 Å². The van der Waals surface area contributed by atoms with Crippen molar-refractivity contribution in [2.24, 2.45) is 0 Å². The van der Waals surface area contributed by atoms with Crippen LogP contribution in [0.1, 0.15) is 12.5 Å². The highest BCUT2D eigenvalue weighted by molar-refractivity contribution is 7.89. The molecule has 0 aromatic heterocycles. The smallest absolute Gasteiger partial charge is 0.243 e. The maximum atomic E-state index is 13.7. The maximum absolute atomic E-state index is 13.7. The van der Waals surface area contributed by atoms with Gasteiger partial charge in [0.15, 0.2) is 0 Å². The monoisotopic (exact) mass is 334 g/mol. The molecule has 0 saturated carbocycles. The molecule has 1 unspecified atom stereocenters. The van der Waals surface area contributed by atoms with Gasteiger partial charge in [-0.15, -0.1) is 0 Å². The van der Waals surface area contributed by atoms with Crippen LogP contribution in [0, 0.1) is 5.82 Å². The minimum atomic E-state index is -3.84. The fraction of sp³-hybridized carbons (Fsp3) is 0.294. The maximum Gasteiger partial charge on any atom is 0.243 e. The van der Waals surface area contributed by atoms with Crippen LogP contribution in [0.3, 0.4) is 0 Å². The second kappa shape index (κ2) is 6.29. The van der Waals surface area contributed by atoms with Crippen LogP contribution >= 0.6 is 0 Å². The highest BCUT2D eigenvalue weighted by Crippen LogP contribution is 2.29. The molecule has 0 saturated heterocycles. The van der Waals surface area contributed by atoms with Gasteiger partial charge >= 0.3 is 0 Å². The number of nitrogens with zero attached hydrogens (tertiary/aromatic N) is 1. The molecule has 2 aromatic rings. The molecule has 3 rings (SSSR count). The predicted octanol–water partition coefficient (Wildman–Crippen LogP) is 2.56. The molecule has 6 heteroatoms. The van der Waals surface area contributed by atoms with Crippen LogP contribution in [0.4, 0.5) is 10.1 Å². The Morgan fingerprint density at radius 3 is 2.65 bits per heavy atom. The Bertz CT molecular complexity index is 808. The van der Waals surface area contributed by atoms with Gasteiger partial charge in [-0.3, -0.25) is 0 Å². The van der Waals surface area contributed by atoms with E-state index in [0.29, 0.717) is 0 Å². The summed E-state index contributed by atoms with van der Waals surface area (Å²) < 4.78 is 40.7. The van der Waals surface area contributed by atoms with Crippen LogP contribution in [0.25, 0.3) is 0 Å². The lowest BCUT2D eigenvalue weighted by Crippen LogP contribution is -2.41. The van der Waals surface area contributed by atoms with Crippen LogP contribution in [0.15, 0.2) is 53.4 Å². The third-order valence-corrected chi connectivity index (χ3v) is 5.61. The van der Waals surface area contributed by atoms with Gasteiger partial charge in [-0.2, -0.15) is 0 Å². The first-order chi connectivity index (χ1) is 11.0. The Kier molecular flexibility index (Phi) is 4.37. The zero-order valence-electron chi connectivity index (χ0n) is 12.9. The summed E-state index contributed by atoms with van der Waals surface area (Å²) >= 11 is 0. The first-order valence-electron chi connectivity index (χ1n) is 7.58. The lowest BCUT2D eigenvalue weighted by atomic mass is 10.2. The van der Waals surface area contributed by atoms with Crippen molar-refractivity contribution in [2.45, 2.75) is 24.3 Å². The van der Waals surface area contributed by atoms with Gasteiger partial charge in [-0.25, -0.2) is 17.5 Å². The lowest BCUT2D eigenvalue weighted by Gasteiger charge is -2.27. The van der Waals surface area contributed by atoms with Gasteiger partial charge in [0.1, 0.15) is 10.7 Å². The van der Waals surface area contributed by atoms with Crippen molar-refractivity contribution in [3.63, 3.8) is 0 Å². The fourth-order valence-electron chi connectivity index (χ4n) is 2.90. The number of para-hydroxylation sites is 1. The third kappa shape index (κ3) is 3.23. The van der Waals surface area contributed by atoms with Crippen molar-refractivity contribution in [1.82, 2.24) is 4.72 Å². The highest BCUT2D eigenvalue weighted by atomic mass is 32.2. The van der Waals surface area contributed by atoms with Gasteiger partial charge in [-0.05, 0) is 37.1 Å². The normalized spacial score (nSPS) is 15.5. The van der Waals surface area contributed by atoms with Crippen molar-refractivity contribution in [3.05, 3.63) is 59.9 Å². The van der Waals surface area contributed by atoms with Crippen LogP contribution < -0.4 is 9.62 Å². The molecule has 1 aliphatic heterocycles. The van der Waals surface area contributed by atoms with Crippen molar-refractivity contribution in [2.75, 3.05) is 18.0 Å². The predicted molar refractivity (Wildman–Crippen MR) is 88.5 cm³/mol. The minimum Gasteiger partial charge on any atom is -0.367 e. The summed E-state index contributed by atoms with van der Waals surface area (Å²) in [7, 11) is -3.84. The molecule has 4 nitrogen and oxygen atoms in total. The Morgan fingerprint density at radius 2 is 1.87 bits per heavy atom. The molecule has 1 heterocycles. The minimum absolute atomic E-state index is 0.0137. The summed E-state index contributed by atoms with van der Waals surface area (Å²) in [6.45, 7) is 3.05. The Labute approximate surface area is 136 Å². The molecule has 2 aromatic carbocycles. The topological polar surface area (TPSA) is 49.4 Å². The van der Waals surface area contributed by atoms with Gasteiger partial charge in [-0.1, -0.05) is 30.3 Å². The molecule has 0 amide bonds. The van der Waals surface area contributed by atoms with E-state index in [0.717, 1.165) is 24.7 Å². The van der Waals surface area contributed by atoms with E-state index in [9.17, 15) is 12.8 Å². The average Bonchev–Trinajstić information content (AvgIpc) is 2.97. The van der Waals surface area contributed by atoms with E-state index in [1.165, 1.54) is 23.8 Å². The molecule has 0 fully saturated rings. The molecule has 0 aliphatic carbocycles. The second-order valence-electron chi connectivity index (χ2n) is 5.70. The Morgan fingerprint density at radius 1 is 1.17 bits per heavy atom. The molecule has 1 N–H and O–H groups in total. The number of fused-ring (bicyclic) bond motifs is 1. The zero-order valence-corrected chi connectivity index (χ0v) is 13.7. The fourth-order valence-corrected chi connectivity index (χ4v) is 4.10. The summed E-state index contributed by atoms with van der Waals surface area (Å²) in [5.74, 6) is -0.737. The Balaban J connectivity index is 1.70. The van der Waals surface area contributed by atoms with Gasteiger partial charge in [0, 0.05) is 24.8 Å². The number of halogens is 1. The van der Waals surface area contributed by atoms with Gasteiger partial charge in [0.2, 0.25) is 10.0 Å². The molecule has 23 heavy (non-hydrogen) atoms. The van der Waals surface area contributed by atoms with E-state index in [4.69, 9.17) is 0 Å². The van der Waals surface area contributed by atoms with E-state index in [2.05, 4.69) is 15.7 Å². The molecule has 1 aliphatic rings. The van der Waals surface area contributed by atoms with E-state index in [1.807, 2.05) is 25.1 Å². The second-order valence-corrected chi connectivity index (χ2v) is 7.44. The van der Waals surface area contributed by atoms with Crippen LogP contribution in [0.5, 0.6) is 0 Å². The summed E-state index contributed by atoms with van der Waals surface area (Å²) in [5.41, 5.74) is 2.42. The van der Waals surface area contributed by atoms with Crippen molar-refractivity contribution >= 4 is 15.7 Å². The van der Waals surface area contributed by atoms with Crippen LogP contribution in [-0.4, -0.2) is 27.5 Å². The van der Waals surface area contributed by atoms with Gasteiger partial charge in [0.05, 0.1) is 0 Å². The quantitative estimate of drug-likeness (QED) is 0.914. The summed E-state index contributed by atoms with van der Waals surface area (Å²) in [4.78, 5) is 1.87. The summed E-state index contributed by atoms with van der Waals surface area (Å²) in [6.07, 6.45) is 0.959. The van der Waals surface area contributed by atoms with E-state index in [-0.39, 0.29) is 17.5 Å². The largest absolute Gasteiger partial charge is 0.367 e. The SMILES string of the molecule is CC(CNS(=O)(=O)c1ccccc1F)N1CCc2ccccc21. The van der Waals surface area contributed by atoms with Gasteiger partial charge < -0.3 is 4.90 Å².